The minimum Gasteiger partial charge on any atom is -0.349 e. The van der Waals surface area contributed by atoms with Gasteiger partial charge in [-0.2, -0.15) is 11.3 Å². The van der Waals surface area contributed by atoms with Crippen LogP contribution in [0.25, 0.3) is 0 Å². The number of hydrogen-bond acceptors (Lipinski definition) is 4. The molecule has 0 saturated carbocycles. The highest BCUT2D eigenvalue weighted by Crippen LogP contribution is 2.22. The Hall–Kier alpha value is -2.64. The van der Waals surface area contributed by atoms with Crippen LogP contribution in [0.3, 0.4) is 0 Å². The second-order valence-corrected chi connectivity index (χ2v) is 9.55. The molecule has 0 radical (unpaired) electrons. The molecule has 5 nitrogen and oxygen atoms in total. The number of rotatable bonds is 7. The van der Waals surface area contributed by atoms with Gasteiger partial charge in [0.2, 0.25) is 0 Å². The molecule has 1 heterocycles. The van der Waals surface area contributed by atoms with E-state index in [1.807, 2.05) is 44.4 Å². The van der Waals surface area contributed by atoms with Crippen LogP contribution < -0.4 is 10.0 Å². The van der Waals surface area contributed by atoms with Crippen LogP contribution in [0.5, 0.6) is 0 Å². The second kappa shape index (κ2) is 8.80. The summed E-state index contributed by atoms with van der Waals surface area (Å²) in [4.78, 5) is 12.6. The number of carbonyl (C=O) groups excluding carboxylic acids is 1. The van der Waals surface area contributed by atoms with E-state index >= 15 is 0 Å². The highest BCUT2D eigenvalue weighted by atomic mass is 32.2. The summed E-state index contributed by atoms with van der Waals surface area (Å²) in [6.45, 7) is 5.75. The Kier molecular flexibility index (Phi) is 6.39. The lowest BCUT2D eigenvalue weighted by molar-refractivity contribution is 0.0940. The summed E-state index contributed by atoms with van der Waals surface area (Å²) in [6, 6.07) is 13.5. The number of amides is 1. The number of sulfonamides is 1. The SMILES string of the molecule is Cc1cccc(NS(=O)(=O)c2ccc(C(=O)NC(C)Cc3ccsc3)cc2)c1C. The van der Waals surface area contributed by atoms with Crippen LogP contribution >= 0.6 is 11.3 Å². The van der Waals surface area contributed by atoms with Crippen molar-refractivity contribution in [2.24, 2.45) is 0 Å². The standard InChI is InChI=1S/C22H24N2O3S2/c1-15-5-4-6-21(17(15)3)24-29(26,27)20-9-7-19(8-10-20)22(25)23-16(2)13-18-11-12-28-14-18/h4-12,14,16,24H,13H2,1-3H3,(H,23,25). The first-order valence-electron chi connectivity index (χ1n) is 9.27. The molecule has 152 valence electrons. The summed E-state index contributed by atoms with van der Waals surface area (Å²) < 4.78 is 28.0. The van der Waals surface area contributed by atoms with Gasteiger partial charge in [0.1, 0.15) is 0 Å². The molecule has 0 aliphatic carbocycles. The minimum absolute atomic E-state index is 0.0218. The zero-order valence-corrected chi connectivity index (χ0v) is 18.2. The van der Waals surface area contributed by atoms with Crippen molar-refractivity contribution in [3.63, 3.8) is 0 Å². The highest BCUT2D eigenvalue weighted by Gasteiger charge is 2.17. The number of hydrogen-bond donors (Lipinski definition) is 2. The minimum atomic E-state index is -3.73. The smallest absolute Gasteiger partial charge is 0.261 e. The molecule has 3 aromatic rings. The Morgan fingerprint density at radius 1 is 1.07 bits per heavy atom. The van der Waals surface area contributed by atoms with Gasteiger partial charge in [0.05, 0.1) is 10.6 Å². The van der Waals surface area contributed by atoms with Gasteiger partial charge in [0.25, 0.3) is 15.9 Å². The zero-order valence-electron chi connectivity index (χ0n) is 16.6. The number of thiophene rings is 1. The van der Waals surface area contributed by atoms with Crippen molar-refractivity contribution >= 4 is 33.0 Å². The first kappa shape index (κ1) is 21.1. The number of carbonyl (C=O) groups is 1. The van der Waals surface area contributed by atoms with Crippen LogP contribution in [0, 0.1) is 13.8 Å². The third kappa shape index (κ3) is 5.25. The molecule has 1 unspecified atom stereocenters. The molecular weight excluding hydrogens is 404 g/mol. The summed E-state index contributed by atoms with van der Waals surface area (Å²) in [5.74, 6) is -0.223. The molecule has 2 N–H and O–H groups in total. The van der Waals surface area contributed by atoms with E-state index in [9.17, 15) is 13.2 Å². The van der Waals surface area contributed by atoms with Gasteiger partial charge in [-0.05, 0) is 91.0 Å². The molecule has 0 aliphatic heterocycles. The Morgan fingerprint density at radius 3 is 2.45 bits per heavy atom. The third-order valence-corrected chi connectivity index (χ3v) is 6.89. The second-order valence-electron chi connectivity index (χ2n) is 7.09. The maximum absolute atomic E-state index is 12.7. The molecule has 29 heavy (non-hydrogen) atoms. The van der Waals surface area contributed by atoms with Crippen molar-refractivity contribution in [2.75, 3.05) is 4.72 Å². The summed E-state index contributed by atoms with van der Waals surface area (Å²) in [5.41, 5.74) is 4.05. The Bertz CT molecular complexity index is 1090. The normalized spacial score (nSPS) is 12.4. The molecule has 0 aliphatic rings. The van der Waals surface area contributed by atoms with Crippen LogP contribution in [-0.2, 0) is 16.4 Å². The largest absolute Gasteiger partial charge is 0.349 e. The van der Waals surface area contributed by atoms with Crippen LogP contribution in [0.4, 0.5) is 5.69 Å². The fourth-order valence-electron chi connectivity index (χ4n) is 2.97. The number of aryl methyl sites for hydroxylation is 1. The van der Waals surface area contributed by atoms with E-state index in [0.717, 1.165) is 17.5 Å². The van der Waals surface area contributed by atoms with Crippen molar-refractivity contribution in [2.45, 2.75) is 38.1 Å². The van der Waals surface area contributed by atoms with E-state index in [4.69, 9.17) is 0 Å². The fourth-order valence-corrected chi connectivity index (χ4v) is 4.78. The van der Waals surface area contributed by atoms with E-state index in [2.05, 4.69) is 15.4 Å². The highest BCUT2D eigenvalue weighted by molar-refractivity contribution is 7.92. The summed E-state index contributed by atoms with van der Waals surface area (Å²) in [6.07, 6.45) is 0.751. The Balaban J connectivity index is 1.68. The monoisotopic (exact) mass is 428 g/mol. The molecule has 1 atom stereocenters. The predicted octanol–water partition coefficient (Wildman–Crippen LogP) is 4.53. The first-order chi connectivity index (χ1) is 13.8. The van der Waals surface area contributed by atoms with Crippen molar-refractivity contribution in [3.8, 4) is 0 Å². The molecule has 2 aromatic carbocycles. The van der Waals surface area contributed by atoms with Crippen LogP contribution in [0.1, 0.15) is 34.0 Å². The van der Waals surface area contributed by atoms with Gasteiger partial charge in [-0.15, -0.1) is 0 Å². The number of anilines is 1. The van der Waals surface area contributed by atoms with Gasteiger partial charge >= 0.3 is 0 Å². The van der Waals surface area contributed by atoms with Gasteiger partial charge in [-0.1, -0.05) is 12.1 Å². The van der Waals surface area contributed by atoms with Crippen LogP contribution in [-0.4, -0.2) is 20.4 Å². The van der Waals surface area contributed by atoms with Crippen LogP contribution in [0.2, 0.25) is 0 Å². The van der Waals surface area contributed by atoms with Crippen LogP contribution in [0.15, 0.2) is 64.2 Å². The molecule has 1 aromatic heterocycles. The van der Waals surface area contributed by atoms with Gasteiger partial charge in [-0.25, -0.2) is 8.42 Å². The molecule has 0 fully saturated rings. The average molecular weight is 429 g/mol. The molecule has 0 saturated heterocycles. The van der Waals surface area contributed by atoms with E-state index in [1.54, 1.807) is 17.4 Å². The van der Waals surface area contributed by atoms with Crippen molar-refractivity contribution in [1.82, 2.24) is 5.32 Å². The Morgan fingerprint density at radius 2 is 1.79 bits per heavy atom. The Labute approximate surface area is 175 Å². The molecule has 0 bridgehead atoms. The lowest BCUT2D eigenvalue weighted by atomic mass is 10.1. The van der Waals surface area contributed by atoms with E-state index in [1.165, 1.54) is 29.8 Å². The zero-order chi connectivity index (χ0) is 21.0. The van der Waals surface area contributed by atoms with Gasteiger partial charge < -0.3 is 5.32 Å². The maximum Gasteiger partial charge on any atom is 0.261 e. The van der Waals surface area contributed by atoms with Gasteiger partial charge in [0, 0.05) is 11.6 Å². The summed E-state index contributed by atoms with van der Waals surface area (Å²) >= 11 is 1.63. The quantitative estimate of drug-likeness (QED) is 0.581. The molecule has 7 heteroatoms. The van der Waals surface area contributed by atoms with Crippen molar-refractivity contribution < 1.29 is 13.2 Å². The summed E-state index contributed by atoms with van der Waals surface area (Å²) in [5, 5.41) is 7.02. The number of benzene rings is 2. The molecular formula is C22H24N2O3S2. The maximum atomic E-state index is 12.7. The van der Waals surface area contributed by atoms with Crippen molar-refractivity contribution in [3.05, 3.63) is 81.5 Å². The van der Waals surface area contributed by atoms with Gasteiger partial charge in [0.15, 0.2) is 0 Å². The lowest BCUT2D eigenvalue weighted by Crippen LogP contribution is -2.34. The van der Waals surface area contributed by atoms with Gasteiger partial charge in [-0.3, -0.25) is 9.52 Å². The average Bonchev–Trinajstić information content (AvgIpc) is 3.18. The first-order valence-corrected chi connectivity index (χ1v) is 11.7. The van der Waals surface area contributed by atoms with E-state index in [0.29, 0.717) is 11.3 Å². The van der Waals surface area contributed by atoms with E-state index < -0.39 is 10.0 Å². The molecule has 0 spiro atoms. The topological polar surface area (TPSA) is 75.3 Å². The third-order valence-electron chi connectivity index (χ3n) is 4.78. The number of nitrogens with one attached hydrogen (secondary N) is 2. The van der Waals surface area contributed by atoms with Crippen molar-refractivity contribution in [1.29, 1.82) is 0 Å². The lowest BCUT2D eigenvalue weighted by Gasteiger charge is -2.14. The fraction of sp³-hybridized carbons (Fsp3) is 0.227. The van der Waals surface area contributed by atoms with E-state index in [-0.39, 0.29) is 16.8 Å². The molecule has 3 rings (SSSR count). The predicted molar refractivity (Wildman–Crippen MR) is 118 cm³/mol. The molecule has 1 amide bonds. The summed E-state index contributed by atoms with van der Waals surface area (Å²) in [7, 11) is -3.73.